The van der Waals surface area contributed by atoms with Gasteiger partial charge in [0.15, 0.2) is 11.3 Å². The Bertz CT molecular complexity index is 1930. The van der Waals surface area contributed by atoms with E-state index in [9.17, 15) is 9.59 Å². The van der Waals surface area contributed by atoms with Crippen molar-refractivity contribution in [3.63, 3.8) is 0 Å². The van der Waals surface area contributed by atoms with Gasteiger partial charge in [-0.3, -0.25) is 19.8 Å². The summed E-state index contributed by atoms with van der Waals surface area (Å²) < 4.78 is 2.73. The zero-order valence-corrected chi connectivity index (χ0v) is 22.2. The first-order valence-corrected chi connectivity index (χ1v) is 12.5. The second kappa shape index (κ2) is 9.66. The molecule has 0 bridgehead atoms. The van der Waals surface area contributed by atoms with Gasteiger partial charge < -0.3 is 0 Å². The highest BCUT2D eigenvalue weighted by Crippen LogP contribution is 2.21. The molecule has 12 heteroatoms. The molecule has 0 amide bonds. The smallest absolute Gasteiger partial charge is 0.293 e. The van der Waals surface area contributed by atoms with E-state index in [-0.39, 0.29) is 22.5 Å². The highest BCUT2D eigenvalue weighted by Gasteiger charge is 2.22. The predicted octanol–water partition coefficient (Wildman–Crippen LogP) is 2.67. The third kappa shape index (κ3) is 4.02. The molecule has 6 rings (SSSR count). The van der Waals surface area contributed by atoms with Crippen LogP contribution >= 0.6 is 0 Å². The predicted molar refractivity (Wildman–Crippen MR) is 150 cm³/mol. The number of H-pyrrole nitrogens is 2. The van der Waals surface area contributed by atoms with Gasteiger partial charge in [-0.1, -0.05) is 60.7 Å². The molecule has 4 aromatic heterocycles. The second-order valence-corrected chi connectivity index (χ2v) is 9.35. The maximum atomic E-state index is 12.8. The molecular formula is C28H24N10O2. The molecular weight excluding hydrogens is 508 g/mol. The molecule has 2 aromatic carbocycles. The Hall–Kier alpha value is -5.52. The first-order chi connectivity index (χ1) is 19.3. The number of nitrogens with one attached hydrogen (secondary N) is 2. The van der Waals surface area contributed by atoms with Gasteiger partial charge in [-0.05, 0) is 27.7 Å². The zero-order valence-electron chi connectivity index (χ0n) is 22.2. The van der Waals surface area contributed by atoms with Gasteiger partial charge in [0, 0.05) is 22.5 Å². The van der Waals surface area contributed by atoms with Crippen molar-refractivity contribution in [2.45, 2.75) is 27.7 Å². The number of fused-ring (bicyclic) bond motifs is 2. The molecule has 40 heavy (non-hydrogen) atoms. The van der Waals surface area contributed by atoms with Gasteiger partial charge in [0.1, 0.15) is 22.8 Å². The molecule has 2 N–H and O–H groups in total. The molecule has 0 saturated carbocycles. The molecule has 0 spiro atoms. The van der Waals surface area contributed by atoms with Crippen LogP contribution in [0, 0.1) is 27.7 Å². The summed E-state index contributed by atoms with van der Waals surface area (Å²) in [5.41, 5.74) is 5.65. The summed E-state index contributed by atoms with van der Waals surface area (Å²) in [5, 5.41) is 32.4. The summed E-state index contributed by atoms with van der Waals surface area (Å²) in [5.74, 6) is 0. The lowest BCUT2D eigenvalue weighted by Gasteiger charge is -2.08. The number of aromatic amines is 2. The standard InChI is InChI=1S/C28H24N10O2/c1-15-21(25-33-29-17(3)27(39)37(25)35-15)23(19-11-7-5-8-12-19)31-32-24(20-13-9-6-10-14-20)22-16(2)36-38-26(22)34-30-18(4)28(38)40/h5-14,35-36H,1-4H3/b31-23+,32-24+. The zero-order chi connectivity index (χ0) is 28.0. The quantitative estimate of drug-likeness (QED) is 0.257. The van der Waals surface area contributed by atoms with Gasteiger partial charge in [-0.25, -0.2) is 0 Å². The van der Waals surface area contributed by atoms with Crippen molar-refractivity contribution >= 4 is 22.7 Å². The number of hydrogen-bond donors (Lipinski definition) is 2. The lowest BCUT2D eigenvalue weighted by atomic mass is 10.0. The van der Waals surface area contributed by atoms with E-state index in [0.717, 1.165) is 11.1 Å². The Labute approximate surface area is 226 Å². The SMILES string of the molecule is Cc1[nH]n2c(=O)c(C)nnc2c1/C(=N/N=C(\c1ccccc1)c1c(C)[nH]n2c(=O)c(C)nnc12)c1ccccc1. The Morgan fingerprint density at radius 3 is 1.35 bits per heavy atom. The average molecular weight is 533 g/mol. The number of aryl methyl sites for hydroxylation is 4. The van der Waals surface area contributed by atoms with Gasteiger partial charge in [0.25, 0.3) is 11.1 Å². The topological polar surface area (TPSA) is 151 Å². The van der Waals surface area contributed by atoms with E-state index in [0.29, 0.717) is 45.2 Å². The Balaban J connectivity index is 1.67. The van der Waals surface area contributed by atoms with Crippen LogP contribution in [0.4, 0.5) is 0 Å². The fraction of sp³-hybridized carbons (Fsp3) is 0.143. The van der Waals surface area contributed by atoms with Gasteiger partial charge >= 0.3 is 0 Å². The van der Waals surface area contributed by atoms with Crippen LogP contribution in [0.2, 0.25) is 0 Å². The summed E-state index contributed by atoms with van der Waals surface area (Å²) in [7, 11) is 0. The van der Waals surface area contributed by atoms with Crippen molar-refractivity contribution < 1.29 is 0 Å². The molecule has 0 aliphatic carbocycles. The summed E-state index contributed by atoms with van der Waals surface area (Å²) in [6.45, 7) is 6.90. The summed E-state index contributed by atoms with van der Waals surface area (Å²) >= 11 is 0. The molecule has 0 fully saturated rings. The molecule has 198 valence electrons. The molecule has 0 atom stereocenters. The fourth-order valence-corrected chi connectivity index (χ4v) is 4.61. The number of hydrogen-bond acceptors (Lipinski definition) is 8. The van der Waals surface area contributed by atoms with E-state index in [1.54, 1.807) is 13.8 Å². The van der Waals surface area contributed by atoms with Crippen LogP contribution in [0.15, 0.2) is 80.5 Å². The highest BCUT2D eigenvalue weighted by molar-refractivity contribution is 6.19. The lowest BCUT2D eigenvalue weighted by molar-refractivity contribution is 0.817. The molecule has 0 saturated heterocycles. The third-order valence-electron chi connectivity index (χ3n) is 6.61. The number of benzene rings is 2. The van der Waals surface area contributed by atoms with Crippen molar-refractivity contribution in [3.05, 3.63) is 126 Å². The van der Waals surface area contributed by atoms with Crippen molar-refractivity contribution in [2.24, 2.45) is 10.2 Å². The number of rotatable bonds is 5. The maximum absolute atomic E-state index is 12.8. The minimum Gasteiger partial charge on any atom is -0.293 e. The summed E-state index contributed by atoms with van der Waals surface area (Å²) in [4.78, 5) is 25.6. The van der Waals surface area contributed by atoms with Crippen molar-refractivity contribution in [1.82, 2.24) is 39.6 Å². The average Bonchev–Trinajstić information content (AvgIpc) is 3.48. The summed E-state index contributed by atoms with van der Waals surface area (Å²) in [6, 6.07) is 19.0. The van der Waals surface area contributed by atoms with Crippen LogP contribution in [0.3, 0.4) is 0 Å². The van der Waals surface area contributed by atoms with Crippen LogP contribution in [0.5, 0.6) is 0 Å². The summed E-state index contributed by atoms with van der Waals surface area (Å²) in [6.07, 6.45) is 0. The number of nitrogens with zero attached hydrogens (tertiary/aromatic N) is 8. The molecule has 4 heterocycles. The largest absolute Gasteiger partial charge is 0.294 e. The van der Waals surface area contributed by atoms with Crippen molar-refractivity contribution in [1.29, 1.82) is 0 Å². The van der Waals surface area contributed by atoms with E-state index < -0.39 is 0 Å². The first kappa shape index (κ1) is 24.8. The normalized spacial score (nSPS) is 12.5. The van der Waals surface area contributed by atoms with E-state index in [1.165, 1.54) is 9.03 Å². The first-order valence-electron chi connectivity index (χ1n) is 12.5. The molecule has 0 aliphatic rings. The molecule has 0 unspecified atom stereocenters. The van der Waals surface area contributed by atoms with Gasteiger partial charge in [-0.2, -0.15) is 9.03 Å². The molecule has 0 aliphatic heterocycles. The molecule has 12 nitrogen and oxygen atoms in total. The lowest BCUT2D eigenvalue weighted by Crippen LogP contribution is -2.20. The Kier molecular flexibility index (Phi) is 5.99. The van der Waals surface area contributed by atoms with Crippen LogP contribution in [-0.4, -0.2) is 51.0 Å². The van der Waals surface area contributed by atoms with E-state index in [2.05, 4.69) is 30.6 Å². The minimum absolute atomic E-state index is 0.272. The van der Waals surface area contributed by atoms with Crippen LogP contribution < -0.4 is 11.1 Å². The van der Waals surface area contributed by atoms with Crippen LogP contribution in [0.1, 0.15) is 45.0 Å². The minimum atomic E-state index is -0.297. The van der Waals surface area contributed by atoms with E-state index >= 15 is 0 Å². The third-order valence-corrected chi connectivity index (χ3v) is 6.61. The fourth-order valence-electron chi connectivity index (χ4n) is 4.61. The monoisotopic (exact) mass is 532 g/mol. The van der Waals surface area contributed by atoms with Gasteiger partial charge in [-0.15, -0.1) is 30.6 Å². The van der Waals surface area contributed by atoms with Crippen molar-refractivity contribution in [3.8, 4) is 0 Å². The van der Waals surface area contributed by atoms with E-state index in [4.69, 9.17) is 10.2 Å². The highest BCUT2D eigenvalue weighted by atomic mass is 16.1. The van der Waals surface area contributed by atoms with Crippen LogP contribution in [0.25, 0.3) is 11.3 Å². The number of aromatic nitrogens is 8. The Morgan fingerprint density at radius 2 is 0.975 bits per heavy atom. The molecule has 6 aromatic rings. The maximum Gasteiger partial charge on any atom is 0.294 e. The van der Waals surface area contributed by atoms with Gasteiger partial charge in [0.05, 0.1) is 11.1 Å². The molecule has 0 radical (unpaired) electrons. The van der Waals surface area contributed by atoms with Crippen molar-refractivity contribution in [2.75, 3.05) is 0 Å². The van der Waals surface area contributed by atoms with Crippen LogP contribution in [-0.2, 0) is 0 Å². The second-order valence-electron chi connectivity index (χ2n) is 9.35. The van der Waals surface area contributed by atoms with E-state index in [1.807, 2.05) is 74.5 Å². The van der Waals surface area contributed by atoms with Gasteiger partial charge in [0.2, 0.25) is 0 Å². The Morgan fingerprint density at radius 1 is 0.600 bits per heavy atom.